The van der Waals surface area contributed by atoms with E-state index in [1.807, 2.05) is 0 Å². The van der Waals surface area contributed by atoms with Crippen molar-refractivity contribution in [3.63, 3.8) is 0 Å². The lowest BCUT2D eigenvalue weighted by molar-refractivity contribution is -0.138. The van der Waals surface area contributed by atoms with Gasteiger partial charge in [0.2, 0.25) is 0 Å². The summed E-state index contributed by atoms with van der Waals surface area (Å²) in [6, 6.07) is 3.76. The zero-order valence-corrected chi connectivity index (χ0v) is 11.9. The number of carbonyl (C=O) groups is 1. The van der Waals surface area contributed by atoms with E-state index in [0.29, 0.717) is 10.0 Å². The molecule has 0 aliphatic heterocycles. The van der Waals surface area contributed by atoms with E-state index in [9.17, 15) is 22.4 Å². The minimum atomic E-state index is -4.75. The molecule has 0 saturated heterocycles. The molecule has 8 heteroatoms. The maximum atomic E-state index is 13.0. The second-order valence-corrected chi connectivity index (χ2v) is 5.15. The topological polar surface area (TPSA) is 42.2 Å². The van der Waals surface area contributed by atoms with Crippen molar-refractivity contribution in [2.75, 3.05) is 0 Å². The number of aromatic nitrogens is 1. The van der Waals surface area contributed by atoms with Crippen molar-refractivity contribution >= 4 is 21.9 Å². The largest absolute Gasteiger partial charge is 0.478 e. The van der Waals surface area contributed by atoms with Gasteiger partial charge in [-0.1, -0.05) is 22.0 Å². The number of halogens is 5. The molecule has 1 aromatic heterocycles. The predicted molar refractivity (Wildman–Crippen MR) is 69.6 cm³/mol. The summed E-state index contributed by atoms with van der Waals surface area (Å²) >= 11 is 3.11. The van der Waals surface area contributed by atoms with Gasteiger partial charge in [0.25, 0.3) is 0 Å². The van der Waals surface area contributed by atoms with Crippen LogP contribution in [0.3, 0.4) is 0 Å². The molecule has 1 aromatic carbocycles. The molecule has 0 fully saturated rings. The van der Waals surface area contributed by atoms with E-state index in [2.05, 4.69) is 15.9 Å². The average molecular weight is 366 g/mol. The number of aromatic carboxylic acids is 1. The van der Waals surface area contributed by atoms with E-state index in [1.165, 1.54) is 18.2 Å². The maximum Gasteiger partial charge on any atom is 0.418 e. The summed E-state index contributed by atoms with van der Waals surface area (Å²) in [6.07, 6.45) is -3.13. The van der Waals surface area contributed by atoms with Gasteiger partial charge in [0.1, 0.15) is 5.82 Å². The molecule has 3 nitrogen and oxygen atoms in total. The molecule has 1 heterocycles. The van der Waals surface area contributed by atoms with Crippen molar-refractivity contribution in [2.45, 2.75) is 12.7 Å². The Morgan fingerprint density at radius 3 is 2.43 bits per heavy atom. The molecule has 0 spiro atoms. The fourth-order valence-corrected chi connectivity index (χ4v) is 2.32. The number of rotatable bonds is 3. The number of alkyl halides is 3. The van der Waals surface area contributed by atoms with Crippen LogP contribution in [0.25, 0.3) is 0 Å². The second kappa shape index (κ2) is 5.51. The molecule has 0 aliphatic carbocycles. The molecule has 1 N–H and O–H groups in total. The van der Waals surface area contributed by atoms with Crippen LogP contribution in [-0.2, 0) is 12.7 Å². The molecule has 0 unspecified atom stereocenters. The summed E-state index contributed by atoms with van der Waals surface area (Å²) in [5, 5.41) is 8.83. The Kier molecular flexibility index (Phi) is 4.08. The lowest BCUT2D eigenvalue weighted by atomic mass is 10.2. The normalized spacial score (nSPS) is 11.7. The minimum Gasteiger partial charge on any atom is -0.478 e. The van der Waals surface area contributed by atoms with Crippen LogP contribution in [0, 0.1) is 5.82 Å². The first kappa shape index (κ1) is 15.6. The summed E-state index contributed by atoms with van der Waals surface area (Å²) in [4.78, 5) is 10.9. The number of nitrogens with zero attached hydrogens (tertiary/aromatic N) is 1. The van der Waals surface area contributed by atoms with E-state index < -0.39 is 29.1 Å². The van der Waals surface area contributed by atoms with Crippen LogP contribution in [0.5, 0.6) is 0 Å². The monoisotopic (exact) mass is 365 g/mol. The van der Waals surface area contributed by atoms with Gasteiger partial charge < -0.3 is 9.67 Å². The lowest BCUT2D eigenvalue weighted by Crippen LogP contribution is -2.09. The molecule has 0 bridgehead atoms. The lowest BCUT2D eigenvalue weighted by Gasteiger charge is -2.06. The van der Waals surface area contributed by atoms with Crippen LogP contribution in [0.1, 0.15) is 21.5 Å². The number of carboxylic acids is 1. The Morgan fingerprint density at radius 1 is 1.29 bits per heavy atom. The Bertz CT molecular complexity index is 694. The van der Waals surface area contributed by atoms with E-state index >= 15 is 0 Å². The standard InChI is InChI=1S/C13H8BrF4NO2/c14-11-3-8(15)2-1-7(11)4-19-5-9(12(20)21)10(6-19)13(16,17)18/h1-3,5-6H,4H2,(H,20,21). The van der Waals surface area contributed by atoms with Crippen molar-refractivity contribution in [1.82, 2.24) is 4.57 Å². The Morgan fingerprint density at radius 2 is 1.95 bits per heavy atom. The Balaban J connectivity index is 2.39. The van der Waals surface area contributed by atoms with Crippen LogP contribution < -0.4 is 0 Å². The summed E-state index contributed by atoms with van der Waals surface area (Å²) in [5.74, 6) is -2.14. The fourth-order valence-electron chi connectivity index (χ4n) is 1.84. The first-order valence-electron chi connectivity index (χ1n) is 5.62. The van der Waals surface area contributed by atoms with Crippen molar-refractivity contribution in [1.29, 1.82) is 0 Å². The third-order valence-electron chi connectivity index (χ3n) is 2.78. The Labute approximate surface area is 124 Å². The molecule has 0 atom stereocenters. The molecular weight excluding hydrogens is 358 g/mol. The first-order valence-corrected chi connectivity index (χ1v) is 6.42. The SMILES string of the molecule is O=C(O)c1cn(Cc2ccc(F)cc2Br)cc1C(F)(F)F. The van der Waals surface area contributed by atoms with Crippen LogP contribution in [0.4, 0.5) is 17.6 Å². The van der Waals surface area contributed by atoms with Crippen molar-refractivity contribution in [3.05, 3.63) is 57.6 Å². The quantitative estimate of drug-likeness (QED) is 0.830. The highest BCUT2D eigenvalue weighted by Gasteiger charge is 2.37. The van der Waals surface area contributed by atoms with Gasteiger partial charge in [-0.05, 0) is 17.7 Å². The predicted octanol–water partition coefficient (Wildman–Crippen LogP) is 4.16. The smallest absolute Gasteiger partial charge is 0.418 e. The number of carboxylic acid groups (broad SMARTS) is 1. The van der Waals surface area contributed by atoms with Gasteiger partial charge in [-0.15, -0.1) is 0 Å². The molecular formula is C13H8BrF4NO2. The van der Waals surface area contributed by atoms with Gasteiger partial charge in [0.15, 0.2) is 0 Å². The molecule has 2 rings (SSSR count). The fraction of sp³-hybridized carbons (Fsp3) is 0.154. The Hall–Kier alpha value is -1.83. The van der Waals surface area contributed by atoms with Gasteiger partial charge in [0, 0.05) is 23.4 Å². The van der Waals surface area contributed by atoms with Gasteiger partial charge in [-0.2, -0.15) is 13.2 Å². The highest BCUT2D eigenvalue weighted by molar-refractivity contribution is 9.10. The third-order valence-corrected chi connectivity index (χ3v) is 3.52. The van der Waals surface area contributed by atoms with Crippen molar-refractivity contribution in [2.24, 2.45) is 0 Å². The second-order valence-electron chi connectivity index (χ2n) is 4.30. The molecule has 0 radical (unpaired) electrons. The van der Waals surface area contributed by atoms with Gasteiger partial charge in [-0.3, -0.25) is 0 Å². The average Bonchev–Trinajstić information content (AvgIpc) is 2.77. The molecule has 0 amide bonds. The van der Waals surface area contributed by atoms with Gasteiger partial charge in [-0.25, -0.2) is 9.18 Å². The summed E-state index contributed by atoms with van der Waals surface area (Å²) in [5.41, 5.74) is -1.51. The number of benzene rings is 1. The molecule has 0 saturated carbocycles. The van der Waals surface area contributed by atoms with Crippen molar-refractivity contribution in [3.8, 4) is 0 Å². The number of hydrogen-bond acceptors (Lipinski definition) is 1. The van der Waals surface area contributed by atoms with Crippen LogP contribution in [-0.4, -0.2) is 15.6 Å². The highest BCUT2D eigenvalue weighted by Crippen LogP contribution is 2.33. The zero-order chi connectivity index (χ0) is 15.8. The molecule has 0 aliphatic rings. The van der Waals surface area contributed by atoms with E-state index in [1.54, 1.807) is 0 Å². The van der Waals surface area contributed by atoms with Crippen LogP contribution >= 0.6 is 15.9 Å². The molecule has 112 valence electrons. The third kappa shape index (κ3) is 3.44. The zero-order valence-electron chi connectivity index (χ0n) is 10.3. The van der Waals surface area contributed by atoms with Gasteiger partial charge >= 0.3 is 12.1 Å². The summed E-state index contributed by atoms with van der Waals surface area (Å²) < 4.78 is 52.7. The minimum absolute atomic E-state index is 0.0166. The molecule has 21 heavy (non-hydrogen) atoms. The maximum absolute atomic E-state index is 13.0. The summed E-state index contributed by atoms with van der Waals surface area (Å²) in [7, 11) is 0. The van der Waals surface area contributed by atoms with Gasteiger partial charge in [0.05, 0.1) is 11.1 Å². The molecule has 2 aromatic rings. The van der Waals surface area contributed by atoms with E-state index in [-0.39, 0.29) is 6.54 Å². The van der Waals surface area contributed by atoms with E-state index in [4.69, 9.17) is 5.11 Å². The van der Waals surface area contributed by atoms with Crippen molar-refractivity contribution < 1.29 is 27.5 Å². The number of hydrogen-bond donors (Lipinski definition) is 1. The first-order chi connectivity index (χ1) is 9.68. The highest BCUT2D eigenvalue weighted by atomic mass is 79.9. The van der Waals surface area contributed by atoms with Crippen LogP contribution in [0.2, 0.25) is 0 Å². The van der Waals surface area contributed by atoms with E-state index in [0.717, 1.165) is 17.0 Å². The summed E-state index contributed by atoms with van der Waals surface area (Å²) in [6.45, 7) is -0.0166. The van der Waals surface area contributed by atoms with Crippen LogP contribution in [0.15, 0.2) is 35.1 Å².